The maximum Gasteiger partial charge on any atom is 0.357 e. The highest BCUT2D eigenvalue weighted by Gasteiger charge is 2.21. The molecule has 28 heavy (non-hydrogen) atoms. The van der Waals surface area contributed by atoms with E-state index in [1.807, 2.05) is 54.6 Å². The van der Waals surface area contributed by atoms with Gasteiger partial charge in [-0.2, -0.15) is 0 Å². The topological polar surface area (TPSA) is 42.4 Å². The second kappa shape index (κ2) is 10.4. The summed E-state index contributed by atoms with van der Waals surface area (Å²) in [5.41, 5.74) is 1.92. The molecule has 1 heterocycles. The van der Waals surface area contributed by atoms with E-state index in [9.17, 15) is 4.79 Å². The van der Waals surface area contributed by atoms with E-state index >= 15 is 0 Å². The zero-order valence-electron chi connectivity index (χ0n) is 16.0. The highest BCUT2D eigenvalue weighted by molar-refractivity contribution is 6.35. The van der Waals surface area contributed by atoms with Crippen molar-refractivity contribution in [3.8, 4) is 11.1 Å². The molecule has 0 aliphatic heterocycles. The number of fused-ring (bicyclic) bond motifs is 1. The Bertz CT molecular complexity index is 928. The maximum atomic E-state index is 12.8. The molecule has 0 spiro atoms. The van der Waals surface area contributed by atoms with E-state index < -0.39 is 5.97 Å². The van der Waals surface area contributed by atoms with Crippen molar-refractivity contribution in [1.82, 2.24) is 9.88 Å². The fourth-order valence-corrected chi connectivity index (χ4v) is 3.39. The summed E-state index contributed by atoms with van der Waals surface area (Å²) in [5, 5.41) is 2.01. The molecule has 0 saturated carbocycles. The lowest BCUT2D eigenvalue weighted by atomic mass is 9.97. The number of nitrogens with zero attached hydrogens (tertiary/aromatic N) is 2. The van der Waals surface area contributed by atoms with Crippen molar-refractivity contribution in [2.24, 2.45) is 0 Å². The number of carbonyl (C=O) groups excluding carboxylic acids is 1. The van der Waals surface area contributed by atoms with Gasteiger partial charge < -0.3 is 9.64 Å². The molecule has 6 heteroatoms. The lowest BCUT2D eigenvalue weighted by molar-refractivity contribution is 0.0461. The van der Waals surface area contributed by atoms with Crippen LogP contribution in [0.5, 0.6) is 0 Å². The number of likely N-dealkylation sites (N-methyl/N-ethyl adjacent to an activating group) is 1. The molecule has 0 N–H and O–H groups in total. The number of benzene rings is 2. The number of carbonyl (C=O) groups is 1. The number of hydrogen-bond acceptors (Lipinski definition) is 4. The molecular formula is C22H24Cl2N2O2. The van der Waals surface area contributed by atoms with Gasteiger partial charge in [0.05, 0.1) is 0 Å². The monoisotopic (exact) mass is 418 g/mol. The van der Waals surface area contributed by atoms with Crippen LogP contribution in [0, 0.1) is 0 Å². The first-order valence-corrected chi connectivity index (χ1v) is 9.56. The van der Waals surface area contributed by atoms with Gasteiger partial charge in [0.2, 0.25) is 0 Å². The second-order valence-electron chi connectivity index (χ2n) is 6.20. The molecule has 0 radical (unpaired) electrons. The Hall–Kier alpha value is -2.14. The van der Waals surface area contributed by atoms with Crippen molar-refractivity contribution in [2.45, 2.75) is 13.8 Å². The number of esters is 1. The summed E-state index contributed by atoms with van der Waals surface area (Å²) in [4.78, 5) is 19.4. The summed E-state index contributed by atoms with van der Waals surface area (Å²) in [6.07, 6.45) is 0. The van der Waals surface area contributed by atoms with Gasteiger partial charge in [0.15, 0.2) is 5.69 Å². The van der Waals surface area contributed by atoms with Gasteiger partial charge in [-0.05, 0) is 24.0 Å². The van der Waals surface area contributed by atoms with Crippen LogP contribution < -0.4 is 0 Å². The lowest BCUT2D eigenvalue weighted by Crippen LogP contribution is -2.28. The first kappa shape index (κ1) is 22.2. The smallest absolute Gasteiger partial charge is 0.357 e. The molecule has 3 rings (SSSR count). The molecule has 2 aromatic carbocycles. The normalized spacial score (nSPS) is 10.7. The number of aromatic nitrogens is 1. The average Bonchev–Trinajstić information content (AvgIpc) is 2.71. The zero-order chi connectivity index (χ0) is 19.2. The number of pyridine rings is 1. The van der Waals surface area contributed by atoms with Crippen LogP contribution in [-0.2, 0) is 4.74 Å². The first-order chi connectivity index (χ1) is 13.2. The minimum Gasteiger partial charge on any atom is -0.460 e. The molecule has 0 amide bonds. The summed E-state index contributed by atoms with van der Waals surface area (Å²) in [6.45, 7) is 7.03. The molecule has 0 aliphatic rings. The summed E-state index contributed by atoms with van der Waals surface area (Å²) >= 11 is 6.37. The Morgan fingerprint density at radius 2 is 1.61 bits per heavy atom. The van der Waals surface area contributed by atoms with Gasteiger partial charge in [0, 0.05) is 17.5 Å². The predicted molar refractivity (Wildman–Crippen MR) is 118 cm³/mol. The minimum absolute atomic E-state index is 0. The van der Waals surface area contributed by atoms with Crippen LogP contribution in [0.2, 0.25) is 5.15 Å². The Kier molecular flexibility index (Phi) is 8.24. The van der Waals surface area contributed by atoms with Gasteiger partial charge in [0.25, 0.3) is 0 Å². The Labute approximate surface area is 176 Å². The fourth-order valence-electron chi connectivity index (χ4n) is 3.14. The number of rotatable bonds is 7. The van der Waals surface area contributed by atoms with Crippen molar-refractivity contribution in [3.05, 3.63) is 65.4 Å². The van der Waals surface area contributed by atoms with Gasteiger partial charge in [-0.3, -0.25) is 0 Å². The highest BCUT2D eigenvalue weighted by atomic mass is 35.5. The molecule has 0 bridgehead atoms. The van der Waals surface area contributed by atoms with Gasteiger partial charge >= 0.3 is 5.97 Å². The van der Waals surface area contributed by atoms with Crippen molar-refractivity contribution < 1.29 is 9.53 Å². The number of ether oxygens (including phenoxy) is 1. The molecule has 0 fully saturated rings. The number of hydrogen-bond donors (Lipinski definition) is 0. The van der Waals surface area contributed by atoms with Crippen molar-refractivity contribution in [3.63, 3.8) is 0 Å². The minimum atomic E-state index is -0.450. The maximum absolute atomic E-state index is 12.8. The van der Waals surface area contributed by atoms with Gasteiger partial charge in [-0.25, -0.2) is 9.78 Å². The van der Waals surface area contributed by atoms with Gasteiger partial charge in [-0.1, -0.05) is 80.0 Å². The van der Waals surface area contributed by atoms with E-state index in [0.29, 0.717) is 18.3 Å². The van der Waals surface area contributed by atoms with Crippen LogP contribution in [-0.4, -0.2) is 42.1 Å². The largest absolute Gasteiger partial charge is 0.460 e. The second-order valence-corrected chi connectivity index (χ2v) is 6.56. The quantitative estimate of drug-likeness (QED) is 0.376. The van der Waals surface area contributed by atoms with Crippen molar-refractivity contribution in [2.75, 3.05) is 26.2 Å². The van der Waals surface area contributed by atoms with E-state index in [2.05, 4.69) is 23.7 Å². The first-order valence-electron chi connectivity index (χ1n) is 9.18. The zero-order valence-corrected chi connectivity index (χ0v) is 17.6. The van der Waals surface area contributed by atoms with Crippen LogP contribution in [0.1, 0.15) is 24.3 Å². The fraction of sp³-hybridized carbons (Fsp3) is 0.273. The average molecular weight is 419 g/mol. The summed E-state index contributed by atoms with van der Waals surface area (Å²) in [6, 6.07) is 17.4. The predicted octanol–water partition coefficient (Wildman–Crippen LogP) is 5.48. The molecular weight excluding hydrogens is 395 g/mol. The van der Waals surface area contributed by atoms with Crippen molar-refractivity contribution >= 4 is 40.7 Å². The van der Waals surface area contributed by atoms with E-state index in [4.69, 9.17) is 16.3 Å². The van der Waals surface area contributed by atoms with E-state index in [1.165, 1.54) is 0 Å². The molecule has 4 nitrogen and oxygen atoms in total. The molecule has 3 aromatic rings. The summed E-state index contributed by atoms with van der Waals surface area (Å²) in [7, 11) is 0. The van der Waals surface area contributed by atoms with E-state index in [-0.39, 0.29) is 18.1 Å². The van der Waals surface area contributed by atoms with Crippen LogP contribution in [0.3, 0.4) is 0 Å². The van der Waals surface area contributed by atoms with E-state index in [0.717, 1.165) is 35.0 Å². The van der Waals surface area contributed by atoms with Gasteiger partial charge in [0.1, 0.15) is 11.8 Å². The van der Waals surface area contributed by atoms with Crippen LogP contribution in [0.4, 0.5) is 0 Å². The highest BCUT2D eigenvalue weighted by Crippen LogP contribution is 2.34. The SMILES string of the molecule is CCN(CC)CCOC(=O)c1nc(Cl)c2ccccc2c1-c1ccccc1.Cl. The molecule has 148 valence electrons. The molecule has 0 aliphatic carbocycles. The third kappa shape index (κ3) is 4.82. The lowest BCUT2D eigenvalue weighted by Gasteiger charge is -2.18. The molecule has 0 unspecified atom stereocenters. The third-order valence-electron chi connectivity index (χ3n) is 4.66. The van der Waals surface area contributed by atoms with Crippen LogP contribution in [0.25, 0.3) is 21.9 Å². The standard InChI is InChI=1S/C22H23ClN2O2.ClH/c1-3-25(4-2)14-15-27-22(26)20-19(16-10-6-5-7-11-16)17-12-8-9-13-18(17)21(23)24-20;/h5-13H,3-4,14-15H2,1-2H3;1H. The Morgan fingerprint density at radius 3 is 2.25 bits per heavy atom. The Balaban J connectivity index is 0.00000280. The van der Waals surface area contributed by atoms with Crippen LogP contribution >= 0.6 is 24.0 Å². The van der Waals surface area contributed by atoms with Crippen molar-refractivity contribution in [1.29, 1.82) is 0 Å². The third-order valence-corrected chi connectivity index (χ3v) is 4.94. The van der Waals surface area contributed by atoms with Gasteiger partial charge in [-0.15, -0.1) is 12.4 Å². The van der Waals surface area contributed by atoms with Crippen LogP contribution in [0.15, 0.2) is 54.6 Å². The Morgan fingerprint density at radius 1 is 1.00 bits per heavy atom. The summed E-state index contributed by atoms with van der Waals surface area (Å²) < 4.78 is 5.53. The molecule has 0 atom stereocenters. The number of halogens is 2. The molecule has 0 saturated heterocycles. The molecule has 1 aromatic heterocycles. The summed E-state index contributed by atoms with van der Waals surface area (Å²) in [5.74, 6) is -0.450. The van der Waals surface area contributed by atoms with E-state index in [1.54, 1.807) is 0 Å².